The molecule has 1 aromatic carbocycles. The Labute approximate surface area is 179 Å². The molecule has 0 saturated carbocycles. The topological polar surface area (TPSA) is 76.5 Å². The van der Waals surface area contributed by atoms with Crippen LogP contribution in [0.2, 0.25) is 0 Å². The number of methoxy groups -OCH3 is 1. The molecule has 1 N–H and O–H groups in total. The predicted molar refractivity (Wildman–Crippen MR) is 114 cm³/mol. The number of nitrogens with zero attached hydrogens (tertiary/aromatic N) is 3. The number of nitrogens with one attached hydrogen (secondary N) is 1. The van der Waals surface area contributed by atoms with Crippen LogP contribution in [0.25, 0.3) is 11.3 Å². The Morgan fingerprint density at radius 1 is 1.28 bits per heavy atom. The summed E-state index contributed by atoms with van der Waals surface area (Å²) in [5.74, 6) is 0.706. The van der Waals surface area contributed by atoms with Crippen molar-refractivity contribution in [2.45, 2.75) is 38.8 Å². The lowest BCUT2D eigenvalue weighted by atomic mass is 10.0. The van der Waals surface area contributed by atoms with Crippen LogP contribution >= 0.6 is 15.9 Å². The molecule has 0 spiro atoms. The molecule has 2 atom stereocenters. The second-order valence-corrected chi connectivity index (χ2v) is 8.53. The highest BCUT2D eigenvalue weighted by atomic mass is 79.9. The van der Waals surface area contributed by atoms with Gasteiger partial charge in [0.25, 0.3) is 0 Å². The molecule has 156 valence electrons. The molecular formula is C21H27BrN4O3. The summed E-state index contributed by atoms with van der Waals surface area (Å²) in [4.78, 5) is 31.5. The summed E-state index contributed by atoms with van der Waals surface area (Å²) in [6.45, 7) is 4.47. The van der Waals surface area contributed by atoms with E-state index in [1.165, 1.54) is 7.11 Å². The second-order valence-electron chi connectivity index (χ2n) is 7.61. The van der Waals surface area contributed by atoms with Gasteiger partial charge in [0.15, 0.2) is 0 Å². The van der Waals surface area contributed by atoms with Crippen LogP contribution in [0.3, 0.4) is 0 Å². The lowest BCUT2D eigenvalue weighted by Gasteiger charge is -2.30. The Hall–Kier alpha value is -2.35. The van der Waals surface area contributed by atoms with Crippen LogP contribution in [0.1, 0.15) is 38.6 Å². The minimum Gasteiger partial charge on any atom is -0.453 e. The van der Waals surface area contributed by atoms with Crippen molar-refractivity contribution >= 4 is 27.9 Å². The smallest absolute Gasteiger partial charge is 0.407 e. The van der Waals surface area contributed by atoms with Gasteiger partial charge in [-0.2, -0.15) is 0 Å². The number of carbonyl (C=O) groups is 2. The summed E-state index contributed by atoms with van der Waals surface area (Å²) in [6, 6.07) is 7.33. The van der Waals surface area contributed by atoms with Gasteiger partial charge in [-0.1, -0.05) is 41.9 Å². The predicted octanol–water partition coefficient (Wildman–Crippen LogP) is 3.89. The minimum atomic E-state index is -0.630. The number of hydrogen-bond acceptors (Lipinski definition) is 4. The minimum absolute atomic E-state index is 0.0532. The third-order valence-electron chi connectivity index (χ3n) is 5.39. The zero-order chi connectivity index (χ0) is 21.1. The van der Waals surface area contributed by atoms with E-state index in [1.54, 1.807) is 0 Å². The van der Waals surface area contributed by atoms with E-state index in [0.717, 1.165) is 34.4 Å². The maximum absolute atomic E-state index is 13.3. The number of halogens is 1. The molecule has 8 heteroatoms. The van der Waals surface area contributed by atoms with E-state index >= 15 is 0 Å². The number of carbonyl (C=O) groups excluding carboxylic acids is 2. The number of benzene rings is 1. The van der Waals surface area contributed by atoms with Gasteiger partial charge in [0.2, 0.25) is 5.91 Å². The van der Waals surface area contributed by atoms with Gasteiger partial charge in [0.1, 0.15) is 11.9 Å². The molecule has 2 amide bonds. The Kier molecular flexibility index (Phi) is 6.62. The second kappa shape index (κ2) is 8.98. The van der Waals surface area contributed by atoms with Gasteiger partial charge in [-0.05, 0) is 36.5 Å². The lowest BCUT2D eigenvalue weighted by Crippen LogP contribution is -2.51. The summed E-state index contributed by atoms with van der Waals surface area (Å²) >= 11 is 3.46. The summed E-state index contributed by atoms with van der Waals surface area (Å²) < 4.78 is 7.77. The maximum Gasteiger partial charge on any atom is 0.407 e. The molecule has 2 unspecified atom stereocenters. The van der Waals surface area contributed by atoms with Crippen LogP contribution in [0.15, 0.2) is 34.9 Å². The van der Waals surface area contributed by atoms with Crippen molar-refractivity contribution in [3.8, 4) is 11.3 Å². The molecule has 1 aromatic heterocycles. The first-order valence-electron chi connectivity index (χ1n) is 9.76. The Morgan fingerprint density at radius 3 is 2.59 bits per heavy atom. The van der Waals surface area contributed by atoms with Crippen LogP contribution in [-0.4, -0.2) is 46.1 Å². The van der Waals surface area contributed by atoms with Crippen LogP contribution < -0.4 is 5.32 Å². The van der Waals surface area contributed by atoms with E-state index in [0.29, 0.717) is 6.54 Å². The highest BCUT2D eigenvalue weighted by Gasteiger charge is 2.38. The molecular weight excluding hydrogens is 436 g/mol. The fraction of sp³-hybridized carbons (Fsp3) is 0.476. The Balaban J connectivity index is 1.86. The van der Waals surface area contributed by atoms with Crippen molar-refractivity contribution in [1.29, 1.82) is 0 Å². The number of alkyl carbamates (subject to hydrolysis) is 1. The van der Waals surface area contributed by atoms with Gasteiger partial charge in [0, 0.05) is 18.1 Å². The average Bonchev–Trinajstić information content (AvgIpc) is 3.32. The molecule has 1 aliphatic rings. The van der Waals surface area contributed by atoms with Gasteiger partial charge in [-0.15, -0.1) is 0 Å². The van der Waals surface area contributed by atoms with E-state index in [4.69, 9.17) is 4.74 Å². The van der Waals surface area contributed by atoms with Crippen LogP contribution in [0, 0.1) is 5.92 Å². The summed E-state index contributed by atoms with van der Waals surface area (Å²) in [5.41, 5.74) is 2.07. The fourth-order valence-corrected chi connectivity index (χ4v) is 4.06. The first-order valence-corrected chi connectivity index (χ1v) is 10.5. The number of likely N-dealkylation sites (tertiary alicyclic amines) is 1. The monoisotopic (exact) mass is 462 g/mol. The molecule has 29 heavy (non-hydrogen) atoms. The molecule has 3 rings (SSSR count). The first kappa shape index (κ1) is 21.4. The molecule has 0 radical (unpaired) electrons. The standard InChI is InChI=1S/C21H27BrN4O3/c1-13(2)18(24-21(28)29-4)20(27)26-11-5-6-16(26)19-23-12-17(25(19)3)14-7-9-15(22)10-8-14/h7-10,12-13,16,18H,5-6,11H2,1-4H3,(H,24,28). The van der Waals surface area contributed by atoms with Crippen molar-refractivity contribution in [3.63, 3.8) is 0 Å². The van der Waals surface area contributed by atoms with Crippen molar-refractivity contribution in [3.05, 3.63) is 40.8 Å². The van der Waals surface area contributed by atoms with Crippen molar-refractivity contribution in [1.82, 2.24) is 19.8 Å². The van der Waals surface area contributed by atoms with E-state index < -0.39 is 12.1 Å². The number of hydrogen-bond donors (Lipinski definition) is 1. The van der Waals surface area contributed by atoms with Gasteiger partial charge in [0.05, 0.1) is 25.0 Å². The highest BCUT2D eigenvalue weighted by Crippen LogP contribution is 2.34. The zero-order valence-electron chi connectivity index (χ0n) is 17.2. The molecule has 1 aliphatic heterocycles. The molecule has 2 aromatic rings. The number of imidazole rings is 1. The zero-order valence-corrected chi connectivity index (χ0v) is 18.8. The maximum atomic E-state index is 13.3. The first-order chi connectivity index (χ1) is 13.8. The molecule has 1 saturated heterocycles. The SMILES string of the molecule is COC(=O)NC(C(=O)N1CCCC1c1ncc(-c2ccc(Br)cc2)n1C)C(C)C. The fourth-order valence-electron chi connectivity index (χ4n) is 3.80. The van der Waals surface area contributed by atoms with E-state index in [2.05, 4.69) is 30.8 Å². The number of amides is 2. The number of rotatable bonds is 5. The summed E-state index contributed by atoms with van der Waals surface area (Å²) in [7, 11) is 3.28. The summed E-state index contributed by atoms with van der Waals surface area (Å²) in [6.07, 6.45) is 3.01. The van der Waals surface area contributed by atoms with Crippen LogP contribution in [0.4, 0.5) is 4.79 Å². The molecule has 0 aliphatic carbocycles. The number of ether oxygens (including phenoxy) is 1. The molecule has 1 fully saturated rings. The number of aromatic nitrogens is 2. The van der Waals surface area contributed by atoms with Crippen molar-refractivity contribution in [2.24, 2.45) is 13.0 Å². The quantitative estimate of drug-likeness (QED) is 0.730. The lowest BCUT2D eigenvalue weighted by molar-refractivity contribution is -0.135. The molecule has 7 nitrogen and oxygen atoms in total. The van der Waals surface area contributed by atoms with Gasteiger partial charge >= 0.3 is 6.09 Å². The summed E-state index contributed by atoms with van der Waals surface area (Å²) in [5, 5.41) is 2.68. The normalized spacial score (nSPS) is 17.4. The third-order valence-corrected chi connectivity index (χ3v) is 5.92. The van der Waals surface area contributed by atoms with Crippen molar-refractivity contribution < 1.29 is 14.3 Å². The van der Waals surface area contributed by atoms with Crippen LogP contribution in [0.5, 0.6) is 0 Å². The Morgan fingerprint density at radius 2 is 1.97 bits per heavy atom. The van der Waals surface area contributed by atoms with Crippen molar-refractivity contribution in [2.75, 3.05) is 13.7 Å². The van der Waals surface area contributed by atoms with Crippen LogP contribution in [-0.2, 0) is 16.6 Å². The van der Waals surface area contributed by atoms with E-state index in [1.807, 2.05) is 56.3 Å². The Bertz CT molecular complexity index is 879. The van der Waals surface area contributed by atoms with E-state index in [-0.39, 0.29) is 17.9 Å². The largest absolute Gasteiger partial charge is 0.453 e. The van der Waals surface area contributed by atoms with Gasteiger partial charge in [-0.25, -0.2) is 9.78 Å². The van der Waals surface area contributed by atoms with Gasteiger partial charge in [-0.3, -0.25) is 4.79 Å². The van der Waals surface area contributed by atoms with Gasteiger partial charge < -0.3 is 19.5 Å². The molecule has 2 heterocycles. The average molecular weight is 463 g/mol. The third kappa shape index (κ3) is 4.47. The highest BCUT2D eigenvalue weighted by molar-refractivity contribution is 9.10. The molecule has 0 bridgehead atoms. The van der Waals surface area contributed by atoms with E-state index in [9.17, 15) is 9.59 Å².